The summed E-state index contributed by atoms with van der Waals surface area (Å²) < 4.78 is 1.06. The molecule has 0 aromatic heterocycles. The van der Waals surface area contributed by atoms with Crippen molar-refractivity contribution in [3.63, 3.8) is 0 Å². The van der Waals surface area contributed by atoms with E-state index < -0.39 is 0 Å². The van der Waals surface area contributed by atoms with E-state index >= 15 is 0 Å². The summed E-state index contributed by atoms with van der Waals surface area (Å²) in [6.45, 7) is 0.852. The molecule has 1 heterocycles. The number of benzene rings is 2. The molecule has 0 aliphatic carbocycles. The third-order valence-corrected chi connectivity index (χ3v) is 5.09. The standard InChI is InChI=1S/C19H19BrClNO/c20-16-4-1-3-14(13-16)6-11-19(23)22-12-2-5-18(22)15-7-9-17(21)10-8-15/h1,3-4,7-10,13,18H,2,5-6,11-12H2. The lowest BCUT2D eigenvalue weighted by atomic mass is 10.0. The first-order valence-electron chi connectivity index (χ1n) is 7.93. The van der Waals surface area contributed by atoms with E-state index in [0.717, 1.165) is 35.3 Å². The highest BCUT2D eigenvalue weighted by molar-refractivity contribution is 9.10. The number of hydrogen-bond acceptors (Lipinski definition) is 1. The van der Waals surface area contributed by atoms with Crippen molar-refractivity contribution in [1.29, 1.82) is 0 Å². The van der Waals surface area contributed by atoms with Crippen LogP contribution in [0.4, 0.5) is 0 Å². The molecule has 4 heteroatoms. The van der Waals surface area contributed by atoms with Crippen LogP contribution in [0.15, 0.2) is 53.0 Å². The van der Waals surface area contributed by atoms with Gasteiger partial charge < -0.3 is 4.90 Å². The molecule has 3 rings (SSSR count). The number of aryl methyl sites for hydroxylation is 1. The molecule has 1 aliphatic heterocycles. The van der Waals surface area contributed by atoms with Gasteiger partial charge in [0.2, 0.25) is 5.91 Å². The third kappa shape index (κ3) is 4.15. The van der Waals surface area contributed by atoms with Gasteiger partial charge in [0.25, 0.3) is 0 Å². The Morgan fingerprint density at radius 1 is 1.22 bits per heavy atom. The molecule has 1 unspecified atom stereocenters. The second-order valence-corrected chi connectivity index (χ2v) is 7.28. The van der Waals surface area contributed by atoms with Crippen molar-refractivity contribution in [3.8, 4) is 0 Å². The monoisotopic (exact) mass is 391 g/mol. The summed E-state index contributed by atoms with van der Waals surface area (Å²) in [5.41, 5.74) is 2.37. The number of likely N-dealkylation sites (tertiary alicyclic amines) is 1. The summed E-state index contributed by atoms with van der Waals surface area (Å²) >= 11 is 9.44. The predicted molar refractivity (Wildman–Crippen MR) is 97.6 cm³/mol. The summed E-state index contributed by atoms with van der Waals surface area (Å²) in [5.74, 6) is 0.238. The number of rotatable bonds is 4. The van der Waals surface area contributed by atoms with Crippen LogP contribution in [0.1, 0.15) is 36.4 Å². The zero-order valence-electron chi connectivity index (χ0n) is 12.8. The van der Waals surface area contributed by atoms with Gasteiger partial charge >= 0.3 is 0 Å². The Hall–Kier alpha value is -1.32. The van der Waals surface area contributed by atoms with Gasteiger partial charge in [0, 0.05) is 22.5 Å². The van der Waals surface area contributed by atoms with E-state index in [4.69, 9.17) is 11.6 Å². The van der Waals surface area contributed by atoms with Gasteiger partial charge in [-0.2, -0.15) is 0 Å². The van der Waals surface area contributed by atoms with Crippen molar-refractivity contribution < 1.29 is 4.79 Å². The van der Waals surface area contributed by atoms with E-state index in [1.165, 1.54) is 11.1 Å². The summed E-state index contributed by atoms with van der Waals surface area (Å²) in [5, 5.41) is 0.735. The van der Waals surface area contributed by atoms with Gasteiger partial charge in [-0.25, -0.2) is 0 Å². The Bertz CT molecular complexity index is 686. The van der Waals surface area contributed by atoms with E-state index in [1.54, 1.807) is 0 Å². The number of carbonyl (C=O) groups excluding carboxylic acids is 1. The maximum atomic E-state index is 12.6. The quantitative estimate of drug-likeness (QED) is 0.682. The number of nitrogens with zero attached hydrogens (tertiary/aromatic N) is 1. The number of carbonyl (C=O) groups is 1. The fourth-order valence-electron chi connectivity index (χ4n) is 3.18. The molecule has 0 saturated carbocycles. The second-order valence-electron chi connectivity index (χ2n) is 5.93. The molecule has 2 nitrogen and oxygen atoms in total. The Kier molecular flexibility index (Phi) is 5.39. The van der Waals surface area contributed by atoms with E-state index in [9.17, 15) is 4.79 Å². The van der Waals surface area contributed by atoms with E-state index in [2.05, 4.69) is 28.1 Å². The van der Waals surface area contributed by atoms with Gasteiger partial charge in [-0.15, -0.1) is 0 Å². The molecule has 1 saturated heterocycles. The van der Waals surface area contributed by atoms with Crippen LogP contribution < -0.4 is 0 Å². The molecular weight excluding hydrogens is 374 g/mol. The van der Waals surface area contributed by atoms with Crippen molar-refractivity contribution in [1.82, 2.24) is 4.90 Å². The van der Waals surface area contributed by atoms with Crippen LogP contribution in [0.5, 0.6) is 0 Å². The zero-order chi connectivity index (χ0) is 16.2. The highest BCUT2D eigenvalue weighted by Crippen LogP contribution is 2.33. The molecule has 1 amide bonds. The van der Waals surface area contributed by atoms with Crippen LogP contribution in [0, 0.1) is 0 Å². The Balaban J connectivity index is 1.65. The smallest absolute Gasteiger partial charge is 0.223 e. The van der Waals surface area contributed by atoms with Gasteiger partial charge in [-0.3, -0.25) is 4.79 Å². The van der Waals surface area contributed by atoms with Gasteiger partial charge in [0.1, 0.15) is 0 Å². The largest absolute Gasteiger partial charge is 0.336 e. The maximum absolute atomic E-state index is 12.6. The lowest BCUT2D eigenvalue weighted by molar-refractivity contribution is -0.132. The maximum Gasteiger partial charge on any atom is 0.223 e. The Morgan fingerprint density at radius 3 is 2.74 bits per heavy atom. The van der Waals surface area contributed by atoms with Gasteiger partial charge in [0.05, 0.1) is 6.04 Å². The Labute approximate surface area is 150 Å². The number of amides is 1. The van der Waals surface area contributed by atoms with Crippen LogP contribution in [-0.2, 0) is 11.2 Å². The SMILES string of the molecule is O=C(CCc1cccc(Br)c1)N1CCCC1c1ccc(Cl)cc1. The zero-order valence-corrected chi connectivity index (χ0v) is 15.2. The molecule has 0 spiro atoms. The van der Waals surface area contributed by atoms with E-state index in [-0.39, 0.29) is 11.9 Å². The lowest BCUT2D eigenvalue weighted by Gasteiger charge is -2.25. The van der Waals surface area contributed by atoms with Crippen LogP contribution in [0.25, 0.3) is 0 Å². The molecule has 1 aliphatic rings. The first-order chi connectivity index (χ1) is 11.1. The lowest BCUT2D eigenvalue weighted by Crippen LogP contribution is -2.30. The van der Waals surface area contributed by atoms with Crippen molar-refractivity contribution in [3.05, 3.63) is 69.2 Å². The van der Waals surface area contributed by atoms with Crippen molar-refractivity contribution in [2.75, 3.05) is 6.54 Å². The van der Waals surface area contributed by atoms with Crippen LogP contribution >= 0.6 is 27.5 Å². The molecule has 120 valence electrons. The normalized spacial score (nSPS) is 17.5. The minimum atomic E-state index is 0.197. The molecule has 1 atom stereocenters. The second kappa shape index (κ2) is 7.50. The van der Waals surface area contributed by atoms with E-state index in [0.29, 0.717) is 6.42 Å². The summed E-state index contributed by atoms with van der Waals surface area (Å²) in [4.78, 5) is 14.7. The van der Waals surface area contributed by atoms with Crippen molar-refractivity contribution in [2.45, 2.75) is 31.7 Å². The van der Waals surface area contributed by atoms with Crippen LogP contribution in [0.3, 0.4) is 0 Å². The predicted octanol–water partition coefficient (Wildman–Crippen LogP) is 5.40. The summed E-state index contributed by atoms with van der Waals surface area (Å²) in [6, 6.07) is 16.2. The minimum absolute atomic E-state index is 0.197. The minimum Gasteiger partial charge on any atom is -0.336 e. The van der Waals surface area contributed by atoms with Crippen molar-refractivity contribution >= 4 is 33.4 Å². The summed E-state index contributed by atoms with van der Waals surface area (Å²) in [6.07, 6.45) is 3.43. The average Bonchev–Trinajstić information content (AvgIpc) is 3.03. The molecule has 0 bridgehead atoms. The molecule has 0 radical (unpaired) electrons. The van der Waals surface area contributed by atoms with Crippen molar-refractivity contribution in [2.24, 2.45) is 0 Å². The molecule has 2 aromatic carbocycles. The number of halogens is 2. The highest BCUT2D eigenvalue weighted by atomic mass is 79.9. The highest BCUT2D eigenvalue weighted by Gasteiger charge is 2.29. The summed E-state index contributed by atoms with van der Waals surface area (Å²) in [7, 11) is 0. The van der Waals surface area contributed by atoms with E-state index in [1.807, 2.05) is 41.3 Å². The Morgan fingerprint density at radius 2 is 2.00 bits per heavy atom. The fraction of sp³-hybridized carbons (Fsp3) is 0.316. The average molecular weight is 393 g/mol. The molecule has 1 fully saturated rings. The number of hydrogen-bond donors (Lipinski definition) is 0. The molecule has 0 N–H and O–H groups in total. The molecule has 23 heavy (non-hydrogen) atoms. The molecule has 2 aromatic rings. The van der Waals surface area contributed by atoms with Gasteiger partial charge in [-0.1, -0.05) is 51.8 Å². The van der Waals surface area contributed by atoms with Gasteiger partial charge in [0.15, 0.2) is 0 Å². The topological polar surface area (TPSA) is 20.3 Å². The molecular formula is C19H19BrClNO. The van der Waals surface area contributed by atoms with Crippen LogP contribution in [0.2, 0.25) is 5.02 Å². The fourth-order valence-corrected chi connectivity index (χ4v) is 3.76. The third-order valence-electron chi connectivity index (χ3n) is 4.34. The first kappa shape index (κ1) is 16.5. The van der Waals surface area contributed by atoms with Gasteiger partial charge in [-0.05, 0) is 54.7 Å². The first-order valence-corrected chi connectivity index (χ1v) is 9.10. The van der Waals surface area contributed by atoms with Crippen LogP contribution in [-0.4, -0.2) is 17.4 Å².